The predicted molar refractivity (Wildman–Crippen MR) is 139 cm³/mol. The number of carbonyl (C=O) groups is 2. The van der Waals surface area contributed by atoms with E-state index < -0.39 is 22.7 Å². The van der Waals surface area contributed by atoms with Crippen LogP contribution in [-0.4, -0.2) is 113 Å². The zero-order valence-electron chi connectivity index (χ0n) is 22.4. The van der Waals surface area contributed by atoms with Gasteiger partial charge in [0.2, 0.25) is 0 Å². The number of aromatic nitrogens is 4. The first-order valence-electron chi connectivity index (χ1n) is 13.1. The molecule has 0 aliphatic carbocycles. The van der Waals surface area contributed by atoms with Gasteiger partial charge in [-0.3, -0.25) is 29.7 Å². The number of nitrogens with one attached hydrogen (secondary N) is 1. The fraction of sp³-hybridized carbons (Fsp3) is 0.583. The Labute approximate surface area is 225 Å². The number of tetrazole rings is 1. The van der Waals surface area contributed by atoms with Crippen LogP contribution < -0.4 is 0 Å². The average molecular weight is 543 g/mol. The van der Waals surface area contributed by atoms with Crippen molar-refractivity contribution in [3.63, 3.8) is 0 Å². The van der Waals surface area contributed by atoms with Gasteiger partial charge in [0.25, 0.3) is 11.6 Å². The highest BCUT2D eigenvalue weighted by atomic mass is 16.6. The van der Waals surface area contributed by atoms with Crippen LogP contribution in [0.2, 0.25) is 0 Å². The van der Waals surface area contributed by atoms with Crippen molar-refractivity contribution >= 4 is 23.5 Å². The predicted octanol–water partition coefficient (Wildman–Crippen LogP) is 0.986. The van der Waals surface area contributed by atoms with E-state index in [1.165, 1.54) is 17.0 Å². The molecule has 0 radical (unpaired) electrons. The zero-order valence-corrected chi connectivity index (χ0v) is 22.4. The molecule has 39 heavy (non-hydrogen) atoms. The molecule has 2 aliphatic heterocycles. The minimum absolute atomic E-state index is 0.0108. The molecule has 15 heteroatoms. The maximum atomic E-state index is 14.0. The number of urea groups is 1. The number of aromatic amines is 1. The van der Waals surface area contributed by atoms with E-state index in [0.29, 0.717) is 37.5 Å². The summed E-state index contributed by atoms with van der Waals surface area (Å²) in [7, 11) is 0. The van der Waals surface area contributed by atoms with E-state index in [4.69, 9.17) is 4.99 Å². The number of nitro groups is 1. The number of rotatable bonds is 13. The van der Waals surface area contributed by atoms with E-state index in [1.54, 1.807) is 22.0 Å². The summed E-state index contributed by atoms with van der Waals surface area (Å²) in [5, 5.41) is 38.7. The monoisotopic (exact) mass is 542 g/mol. The first-order valence-corrected chi connectivity index (χ1v) is 13.1. The standard InChI is InChI=1S/C24H34N10O5/c1-4-12-31-22(36)21-24(5-2,32(23(31)37)13-11-17-7-9-18(10-8-17)34(38)39)25-20(16-19-26-28-29-27-19)33(21)30(6-3)14-15-35/h7-10,21,35H,4-6,11-16H2,1-3H3,(H,26,27,28,29). The molecule has 3 heterocycles. The number of aliphatic hydroxyl groups is 1. The van der Waals surface area contributed by atoms with Crippen LogP contribution in [0.25, 0.3) is 0 Å². The molecule has 15 nitrogen and oxygen atoms in total. The molecule has 1 saturated heterocycles. The number of imide groups is 1. The van der Waals surface area contributed by atoms with Gasteiger partial charge in [-0.2, -0.15) is 5.21 Å². The molecule has 2 aliphatic rings. The number of likely N-dealkylation sites (N-methyl/N-ethyl adjacent to an activating group) is 1. The number of amidine groups is 1. The normalized spacial score (nSPS) is 21.1. The number of hydrogen-bond acceptors (Lipinski definition) is 11. The van der Waals surface area contributed by atoms with E-state index in [-0.39, 0.29) is 44.3 Å². The summed E-state index contributed by atoms with van der Waals surface area (Å²) >= 11 is 0. The number of benzene rings is 1. The Hall–Kier alpha value is -3.98. The topological polar surface area (TPSA) is 177 Å². The Morgan fingerprint density at radius 3 is 2.49 bits per heavy atom. The van der Waals surface area contributed by atoms with Crippen molar-refractivity contribution in [2.24, 2.45) is 4.99 Å². The number of non-ortho nitro benzene ring substituents is 1. The Bertz CT molecular complexity index is 1200. The van der Waals surface area contributed by atoms with Gasteiger partial charge in [0.1, 0.15) is 5.84 Å². The molecule has 2 unspecified atom stereocenters. The second kappa shape index (κ2) is 11.8. The number of nitrogens with zero attached hydrogens (tertiary/aromatic N) is 9. The van der Waals surface area contributed by atoms with Gasteiger partial charge in [0, 0.05) is 38.3 Å². The van der Waals surface area contributed by atoms with Gasteiger partial charge in [-0.1, -0.05) is 38.1 Å². The zero-order chi connectivity index (χ0) is 28.2. The lowest BCUT2D eigenvalue weighted by molar-refractivity contribution is -0.384. The molecule has 210 valence electrons. The molecule has 3 amide bonds. The van der Waals surface area contributed by atoms with Crippen LogP contribution in [0.5, 0.6) is 0 Å². The van der Waals surface area contributed by atoms with Gasteiger partial charge >= 0.3 is 6.03 Å². The lowest BCUT2D eigenvalue weighted by Gasteiger charge is -2.51. The number of aliphatic imine (C=N–C) groups is 1. The molecule has 2 aromatic rings. The summed E-state index contributed by atoms with van der Waals surface area (Å²) in [6, 6.07) is 4.94. The first-order chi connectivity index (χ1) is 18.8. The van der Waals surface area contributed by atoms with E-state index in [0.717, 1.165) is 5.56 Å². The second-order valence-electron chi connectivity index (χ2n) is 9.38. The quantitative estimate of drug-likeness (QED) is 0.274. The number of fused-ring (bicyclic) bond motifs is 1. The van der Waals surface area contributed by atoms with Gasteiger partial charge in [0.15, 0.2) is 17.5 Å². The number of amides is 3. The summed E-state index contributed by atoms with van der Waals surface area (Å²) in [5.41, 5.74) is -0.402. The average Bonchev–Trinajstić information content (AvgIpc) is 3.56. The van der Waals surface area contributed by atoms with Gasteiger partial charge in [-0.15, -0.1) is 10.2 Å². The Morgan fingerprint density at radius 2 is 1.92 bits per heavy atom. The van der Waals surface area contributed by atoms with Crippen LogP contribution in [0.4, 0.5) is 10.5 Å². The fourth-order valence-electron chi connectivity index (χ4n) is 5.33. The van der Waals surface area contributed by atoms with Crippen molar-refractivity contribution in [1.29, 1.82) is 0 Å². The largest absolute Gasteiger partial charge is 0.395 e. The summed E-state index contributed by atoms with van der Waals surface area (Å²) < 4.78 is 0. The van der Waals surface area contributed by atoms with E-state index >= 15 is 0 Å². The van der Waals surface area contributed by atoms with Crippen molar-refractivity contribution in [3.05, 3.63) is 45.8 Å². The van der Waals surface area contributed by atoms with Crippen molar-refractivity contribution in [1.82, 2.24) is 40.4 Å². The Balaban J connectivity index is 1.77. The molecule has 0 spiro atoms. The third kappa shape index (κ3) is 5.18. The minimum atomic E-state index is -1.21. The number of carbonyl (C=O) groups excluding carboxylic acids is 2. The number of nitro benzene ring substituents is 1. The third-order valence-electron chi connectivity index (χ3n) is 7.17. The van der Waals surface area contributed by atoms with Crippen LogP contribution >= 0.6 is 0 Å². The lowest BCUT2D eigenvalue weighted by atomic mass is 9.91. The summed E-state index contributed by atoms with van der Waals surface area (Å²) in [6.45, 7) is 6.82. The van der Waals surface area contributed by atoms with Crippen molar-refractivity contribution < 1.29 is 19.6 Å². The smallest absolute Gasteiger partial charge is 0.328 e. The van der Waals surface area contributed by atoms with E-state index in [1.807, 2.05) is 25.8 Å². The van der Waals surface area contributed by atoms with Gasteiger partial charge in [-0.25, -0.2) is 14.8 Å². The van der Waals surface area contributed by atoms with Crippen LogP contribution in [-0.2, 0) is 17.6 Å². The molecule has 2 N–H and O–H groups in total. The number of hydrazine groups is 1. The van der Waals surface area contributed by atoms with Gasteiger partial charge < -0.3 is 5.11 Å². The summed E-state index contributed by atoms with van der Waals surface area (Å²) in [5.74, 6) is 0.530. The first kappa shape index (κ1) is 28.0. The minimum Gasteiger partial charge on any atom is -0.395 e. The highest BCUT2D eigenvalue weighted by molar-refractivity contribution is 6.05. The molecule has 1 aromatic heterocycles. The third-order valence-corrected chi connectivity index (χ3v) is 7.17. The number of hydrogen-bond donors (Lipinski definition) is 2. The Morgan fingerprint density at radius 1 is 1.18 bits per heavy atom. The second-order valence-corrected chi connectivity index (χ2v) is 9.38. The van der Waals surface area contributed by atoms with Crippen molar-refractivity contribution in [3.8, 4) is 0 Å². The van der Waals surface area contributed by atoms with Crippen LogP contribution in [0.3, 0.4) is 0 Å². The van der Waals surface area contributed by atoms with Crippen molar-refractivity contribution in [2.75, 3.05) is 32.8 Å². The highest BCUT2D eigenvalue weighted by Gasteiger charge is 2.62. The van der Waals surface area contributed by atoms with E-state index in [2.05, 4.69) is 20.6 Å². The van der Waals surface area contributed by atoms with Crippen LogP contribution in [0.15, 0.2) is 29.3 Å². The molecule has 1 aromatic carbocycles. The SMILES string of the molecule is CCCN1C(=O)C2N(N(CC)CCO)C(Cc3nn[nH]n3)=NC2(CC)N(CCc2ccc([N+](=O)[O-])cc2)C1=O. The molecule has 4 rings (SSSR count). The summed E-state index contributed by atoms with van der Waals surface area (Å²) in [6.07, 6.45) is 1.53. The Kier molecular flexibility index (Phi) is 8.50. The molecule has 2 atom stereocenters. The van der Waals surface area contributed by atoms with Crippen LogP contribution in [0, 0.1) is 10.1 Å². The van der Waals surface area contributed by atoms with Crippen LogP contribution in [0.1, 0.15) is 45.0 Å². The van der Waals surface area contributed by atoms with E-state index in [9.17, 15) is 24.8 Å². The maximum Gasteiger partial charge on any atom is 0.328 e. The molecule has 1 fully saturated rings. The number of H-pyrrole nitrogens is 1. The molecule has 0 saturated carbocycles. The highest BCUT2D eigenvalue weighted by Crippen LogP contribution is 2.41. The summed E-state index contributed by atoms with van der Waals surface area (Å²) in [4.78, 5) is 46.5. The molecule has 0 bridgehead atoms. The number of aliphatic hydroxyl groups excluding tert-OH is 1. The molecular formula is C24H34N10O5. The molecular weight excluding hydrogens is 508 g/mol. The lowest BCUT2D eigenvalue weighted by Crippen LogP contribution is -2.74. The fourth-order valence-corrected chi connectivity index (χ4v) is 5.33. The van der Waals surface area contributed by atoms with Gasteiger partial charge in [-0.05, 0) is 24.8 Å². The maximum absolute atomic E-state index is 14.0. The van der Waals surface area contributed by atoms with Crippen molar-refractivity contribution in [2.45, 2.75) is 58.2 Å². The van der Waals surface area contributed by atoms with Gasteiger partial charge in [0.05, 0.1) is 18.0 Å².